The largest absolute Gasteiger partial charge is 0.493 e. The minimum atomic E-state index is -0.596. The fourth-order valence-corrected chi connectivity index (χ4v) is 3.24. The van der Waals surface area contributed by atoms with Crippen LogP contribution in [0.1, 0.15) is 11.1 Å². The maximum absolute atomic E-state index is 13.1. The first-order valence-electron chi connectivity index (χ1n) is 9.33. The quantitative estimate of drug-likeness (QED) is 0.326. The second-order valence-corrected chi connectivity index (χ2v) is 7.43. The number of carbonyl (C=O) groups is 1. The van der Waals surface area contributed by atoms with Crippen LogP contribution in [0.2, 0.25) is 10.0 Å². The third kappa shape index (κ3) is 6.01. The summed E-state index contributed by atoms with van der Waals surface area (Å²) in [6.45, 7) is 0.150. The standard InChI is InChI=1S/C24H17Cl2FN2O3/c1-31-22-11-16(9-17(13-28)24(30)29-20-4-2-3-18(25)12-20)10-21(26)23(22)32-14-15-5-7-19(27)8-6-15/h2-12H,14H2,1H3,(H,29,30)/b17-9+. The predicted molar refractivity (Wildman–Crippen MR) is 122 cm³/mol. The van der Waals surface area contributed by atoms with Gasteiger partial charge < -0.3 is 14.8 Å². The van der Waals surface area contributed by atoms with Gasteiger partial charge in [-0.05, 0) is 59.7 Å². The molecule has 0 spiro atoms. The lowest BCUT2D eigenvalue weighted by atomic mass is 10.1. The molecule has 0 aliphatic heterocycles. The number of nitrogens with one attached hydrogen (secondary N) is 1. The van der Waals surface area contributed by atoms with E-state index in [0.29, 0.717) is 22.0 Å². The van der Waals surface area contributed by atoms with E-state index in [-0.39, 0.29) is 28.8 Å². The smallest absolute Gasteiger partial charge is 0.266 e. The molecule has 32 heavy (non-hydrogen) atoms. The number of carbonyl (C=O) groups excluding carboxylic acids is 1. The molecule has 3 aromatic carbocycles. The van der Waals surface area contributed by atoms with Crippen molar-refractivity contribution < 1.29 is 18.7 Å². The zero-order valence-corrected chi connectivity index (χ0v) is 18.4. The van der Waals surface area contributed by atoms with Crippen LogP contribution in [0.4, 0.5) is 10.1 Å². The lowest BCUT2D eigenvalue weighted by molar-refractivity contribution is -0.112. The second-order valence-electron chi connectivity index (χ2n) is 6.58. The van der Waals surface area contributed by atoms with Crippen LogP contribution in [-0.4, -0.2) is 13.0 Å². The van der Waals surface area contributed by atoms with E-state index in [1.807, 2.05) is 6.07 Å². The maximum atomic E-state index is 13.1. The Labute approximate surface area is 194 Å². The number of benzene rings is 3. The number of methoxy groups -OCH3 is 1. The van der Waals surface area contributed by atoms with Crippen molar-refractivity contribution in [1.29, 1.82) is 5.26 Å². The Morgan fingerprint density at radius 1 is 1.16 bits per heavy atom. The van der Waals surface area contributed by atoms with Crippen molar-refractivity contribution >= 4 is 40.9 Å². The van der Waals surface area contributed by atoms with Crippen LogP contribution >= 0.6 is 23.2 Å². The lowest BCUT2D eigenvalue weighted by Gasteiger charge is -2.13. The number of halogens is 3. The van der Waals surface area contributed by atoms with E-state index in [2.05, 4.69) is 5.32 Å². The summed E-state index contributed by atoms with van der Waals surface area (Å²) in [5.41, 5.74) is 1.55. The predicted octanol–water partition coefficient (Wildman–Crippen LogP) is 6.27. The summed E-state index contributed by atoms with van der Waals surface area (Å²) in [4.78, 5) is 12.5. The normalized spacial score (nSPS) is 10.9. The van der Waals surface area contributed by atoms with E-state index in [1.165, 1.54) is 25.3 Å². The highest BCUT2D eigenvalue weighted by Gasteiger charge is 2.15. The lowest BCUT2D eigenvalue weighted by Crippen LogP contribution is -2.13. The topological polar surface area (TPSA) is 71.3 Å². The molecule has 0 aliphatic carbocycles. The Balaban J connectivity index is 1.81. The first-order valence-corrected chi connectivity index (χ1v) is 10.1. The molecule has 162 valence electrons. The van der Waals surface area contributed by atoms with Crippen molar-refractivity contribution in [3.8, 4) is 17.6 Å². The third-order valence-electron chi connectivity index (χ3n) is 4.31. The van der Waals surface area contributed by atoms with Crippen LogP contribution in [0.3, 0.4) is 0 Å². The van der Waals surface area contributed by atoms with E-state index in [4.69, 9.17) is 32.7 Å². The van der Waals surface area contributed by atoms with Gasteiger partial charge in [0.25, 0.3) is 5.91 Å². The van der Waals surface area contributed by atoms with E-state index in [1.54, 1.807) is 48.5 Å². The Hall–Kier alpha value is -3.53. The summed E-state index contributed by atoms with van der Waals surface area (Å²) in [5, 5.41) is 12.8. The van der Waals surface area contributed by atoms with Crippen LogP contribution in [0.5, 0.6) is 11.5 Å². The number of nitriles is 1. The van der Waals surface area contributed by atoms with Crippen molar-refractivity contribution in [3.05, 3.63) is 93.2 Å². The van der Waals surface area contributed by atoms with Crippen LogP contribution in [0.15, 0.2) is 66.2 Å². The zero-order chi connectivity index (χ0) is 23.1. The summed E-state index contributed by atoms with van der Waals surface area (Å²) in [6, 6.07) is 17.5. The molecule has 1 N–H and O–H groups in total. The summed E-state index contributed by atoms with van der Waals surface area (Å²) >= 11 is 12.3. The molecule has 0 atom stereocenters. The third-order valence-corrected chi connectivity index (χ3v) is 4.82. The highest BCUT2D eigenvalue weighted by molar-refractivity contribution is 6.32. The molecule has 0 unspecified atom stereocenters. The highest BCUT2D eigenvalue weighted by Crippen LogP contribution is 2.37. The fourth-order valence-electron chi connectivity index (χ4n) is 2.78. The number of rotatable bonds is 7. The first-order chi connectivity index (χ1) is 15.4. The molecule has 3 aromatic rings. The number of hydrogen-bond donors (Lipinski definition) is 1. The molecular weight excluding hydrogens is 454 g/mol. The average molecular weight is 471 g/mol. The van der Waals surface area contributed by atoms with E-state index < -0.39 is 5.91 Å². The number of nitrogens with zero attached hydrogens (tertiary/aromatic N) is 1. The number of ether oxygens (including phenoxy) is 2. The summed E-state index contributed by atoms with van der Waals surface area (Å²) in [6.07, 6.45) is 1.39. The van der Waals surface area contributed by atoms with Gasteiger partial charge in [-0.2, -0.15) is 5.26 Å². The van der Waals surface area contributed by atoms with Gasteiger partial charge in [-0.1, -0.05) is 41.4 Å². The van der Waals surface area contributed by atoms with Gasteiger partial charge >= 0.3 is 0 Å². The molecule has 0 saturated carbocycles. The Bertz CT molecular complexity index is 1200. The molecule has 8 heteroatoms. The number of anilines is 1. The minimum absolute atomic E-state index is 0.136. The minimum Gasteiger partial charge on any atom is -0.493 e. The van der Waals surface area contributed by atoms with Gasteiger partial charge in [0.2, 0.25) is 0 Å². The van der Waals surface area contributed by atoms with Gasteiger partial charge in [0.15, 0.2) is 11.5 Å². The number of amides is 1. The first kappa shape index (κ1) is 23.1. The molecule has 5 nitrogen and oxygen atoms in total. The van der Waals surface area contributed by atoms with Crippen molar-refractivity contribution in [2.24, 2.45) is 0 Å². The molecule has 0 saturated heterocycles. The van der Waals surface area contributed by atoms with E-state index in [9.17, 15) is 14.4 Å². The fraction of sp³-hybridized carbons (Fsp3) is 0.0833. The molecule has 0 aromatic heterocycles. The molecule has 0 radical (unpaired) electrons. The molecule has 3 rings (SSSR count). The molecule has 0 fully saturated rings. The summed E-state index contributed by atoms with van der Waals surface area (Å²) < 4.78 is 24.2. The van der Waals surface area contributed by atoms with Crippen LogP contribution < -0.4 is 14.8 Å². The summed E-state index contributed by atoms with van der Waals surface area (Å²) in [7, 11) is 1.45. The van der Waals surface area contributed by atoms with Gasteiger partial charge in [-0.25, -0.2) is 4.39 Å². The zero-order valence-electron chi connectivity index (χ0n) is 16.9. The van der Waals surface area contributed by atoms with Gasteiger partial charge in [0, 0.05) is 10.7 Å². The van der Waals surface area contributed by atoms with Crippen molar-refractivity contribution in [2.75, 3.05) is 12.4 Å². The van der Waals surface area contributed by atoms with Gasteiger partial charge in [0.1, 0.15) is 24.1 Å². The molecule has 0 bridgehead atoms. The molecular formula is C24H17Cl2FN2O3. The number of hydrogen-bond acceptors (Lipinski definition) is 4. The Morgan fingerprint density at radius 2 is 1.91 bits per heavy atom. The Kier molecular flexibility index (Phi) is 7.72. The summed E-state index contributed by atoms with van der Waals surface area (Å²) in [5.74, 6) is -0.328. The Morgan fingerprint density at radius 3 is 2.56 bits per heavy atom. The van der Waals surface area contributed by atoms with Gasteiger partial charge in [-0.15, -0.1) is 0 Å². The molecule has 0 aliphatic rings. The van der Waals surface area contributed by atoms with E-state index >= 15 is 0 Å². The van der Waals surface area contributed by atoms with Crippen molar-refractivity contribution in [1.82, 2.24) is 0 Å². The van der Waals surface area contributed by atoms with Crippen molar-refractivity contribution in [3.63, 3.8) is 0 Å². The monoisotopic (exact) mass is 470 g/mol. The SMILES string of the molecule is COc1cc(/C=C(\C#N)C(=O)Nc2cccc(Cl)c2)cc(Cl)c1OCc1ccc(F)cc1. The van der Waals surface area contributed by atoms with Crippen LogP contribution in [0.25, 0.3) is 6.08 Å². The van der Waals surface area contributed by atoms with Gasteiger partial charge in [0.05, 0.1) is 12.1 Å². The maximum Gasteiger partial charge on any atom is 0.266 e. The average Bonchev–Trinajstić information content (AvgIpc) is 2.77. The second kappa shape index (κ2) is 10.7. The van der Waals surface area contributed by atoms with Crippen LogP contribution in [-0.2, 0) is 11.4 Å². The molecule has 1 amide bonds. The van der Waals surface area contributed by atoms with Crippen molar-refractivity contribution in [2.45, 2.75) is 6.61 Å². The van der Waals surface area contributed by atoms with Gasteiger partial charge in [-0.3, -0.25) is 4.79 Å². The highest BCUT2D eigenvalue weighted by atomic mass is 35.5. The van der Waals surface area contributed by atoms with Crippen LogP contribution in [0, 0.1) is 17.1 Å². The van der Waals surface area contributed by atoms with E-state index in [0.717, 1.165) is 5.56 Å². The molecule has 0 heterocycles.